The molecule has 1 aromatic heterocycles. The number of aromatic nitrogens is 2. The first-order valence-electron chi connectivity index (χ1n) is 11.3. The number of aliphatic imine (C=N–C) groups is 1. The molecule has 10 nitrogen and oxygen atoms in total. The summed E-state index contributed by atoms with van der Waals surface area (Å²) in [6.45, 7) is 9.54. The molecule has 34 heavy (non-hydrogen) atoms. The molecular weight excluding hydrogens is 436 g/mol. The lowest BCUT2D eigenvalue weighted by Gasteiger charge is -2.18. The quantitative estimate of drug-likeness (QED) is 0.423. The van der Waals surface area contributed by atoms with Crippen molar-refractivity contribution in [2.24, 2.45) is 4.99 Å². The minimum Gasteiger partial charge on any atom is -0.444 e. The summed E-state index contributed by atoms with van der Waals surface area (Å²) in [6.07, 6.45) is 3.36. The van der Waals surface area contributed by atoms with Gasteiger partial charge in [-0.15, -0.1) is 0 Å². The summed E-state index contributed by atoms with van der Waals surface area (Å²) in [4.78, 5) is 45.9. The number of carbonyl (C=O) groups excluding carboxylic acids is 2. The molecular formula is C24H32N6O4. The van der Waals surface area contributed by atoms with E-state index in [1.807, 2.05) is 26.0 Å². The first kappa shape index (κ1) is 24.9. The Morgan fingerprint density at radius 1 is 1.26 bits per heavy atom. The molecule has 0 saturated heterocycles. The molecule has 0 saturated carbocycles. The zero-order valence-corrected chi connectivity index (χ0v) is 20.2. The number of nitrogens with one attached hydrogen (secondary N) is 3. The van der Waals surface area contributed by atoms with Gasteiger partial charge in [0.25, 0.3) is 5.56 Å². The molecule has 0 bridgehead atoms. The zero-order valence-electron chi connectivity index (χ0n) is 20.2. The molecule has 1 aliphatic rings. The highest BCUT2D eigenvalue weighted by atomic mass is 16.6. The van der Waals surface area contributed by atoms with Gasteiger partial charge in [-0.25, -0.2) is 14.8 Å². The van der Waals surface area contributed by atoms with Crippen LogP contribution in [0.1, 0.15) is 58.5 Å². The monoisotopic (exact) mass is 468 g/mol. The number of alkyl carbamates (subject to hydrolysis) is 1. The number of hydrogen-bond donors (Lipinski definition) is 3. The maximum Gasteiger partial charge on any atom is 0.412 e. The molecule has 2 heterocycles. The molecule has 2 aromatic rings. The van der Waals surface area contributed by atoms with Gasteiger partial charge in [0, 0.05) is 19.0 Å². The summed E-state index contributed by atoms with van der Waals surface area (Å²) in [5.74, 6) is 0.412. The van der Waals surface area contributed by atoms with Crippen LogP contribution in [-0.4, -0.2) is 39.5 Å². The molecule has 0 unspecified atom stereocenters. The van der Waals surface area contributed by atoms with Crippen LogP contribution in [0.2, 0.25) is 0 Å². The van der Waals surface area contributed by atoms with E-state index in [1.165, 1.54) is 10.9 Å². The van der Waals surface area contributed by atoms with Gasteiger partial charge in [-0.1, -0.05) is 12.1 Å². The Morgan fingerprint density at radius 2 is 1.97 bits per heavy atom. The van der Waals surface area contributed by atoms with Crippen LogP contribution in [0, 0.1) is 0 Å². The maximum absolute atomic E-state index is 12.9. The van der Waals surface area contributed by atoms with Gasteiger partial charge in [0.2, 0.25) is 5.91 Å². The summed E-state index contributed by atoms with van der Waals surface area (Å²) >= 11 is 0. The number of benzene rings is 1. The predicted octanol–water partition coefficient (Wildman–Crippen LogP) is 3.05. The van der Waals surface area contributed by atoms with Crippen molar-refractivity contribution in [1.82, 2.24) is 20.2 Å². The van der Waals surface area contributed by atoms with Gasteiger partial charge < -0.3 is 15.4 Å². The molecule has 0 fully saturated rings. The summed E-state index contributed by atoms with van der Waals surface area (Å²) in [6, 6.07) is 6.73. The standard InChI is InChI=1S/C24H32N6O4/c1-15(2)29-18-13-25-20-11-10-19(30(20)22(18)32)21(31)26-12-16-6-8-17(9-7-16)27-14-28-23(33)34-24(3,4)5/h6-9,13-15,19,29H,10-12H2,1-5H3,(H,26,31)(H,27,28,33)/t19-/m0/s1. The number of carbonyl (C=O) groups is 2. The van der Waals surface area contributed by atoms with Crippen LogP contribution < -0.4 is 21.5 Å². The Morgan fingerprint density at radius 3 is 2.62 bits per heavy atom. The summed E-state index contributed by atoms with van der Waals surface area (Å²) in [5, 5.41) is 8.45. The third-order valence-electron chi connectivity index (χ3n) is 4.97. The van der Waals surface area contributed by atoms with Crippen molar-refractivity contribution in [2.45, 2.75) is 71.7 Å². The average molecular weight is 469 g/mol. The first-order valence-corrected chi connectivity index (χ1v) is 11.3. The second-order valence-corrected chi connectivity index (χ2v) is 9.41. The molecule has 0 aliphatic carbocycles. The lowest BCUT2D eigenvalue weighted by Crippen LogP contribution is -2.36. The fraction of sp³-hybridized carbons (Fsp3) is 0.458. The van der Waals surface area contributed by atoms with Crippen molar-refractivity contribution < 1.29 is 14.3 Å². The number of amides is 2. The van der Waals surface area contributed by atoms with E-state index in [0.717, 1.165) is 5.56 Å². The Hall–Kier alpha value is -3.69. The van der Waals surface area contributed by atoms with Gasteiger partial charge in [0.1, 0.15) is 23.2 Å². The molecule has 3 rings (SSSR count). The van der Waals surface area contributed by atoms with Crippen LogP contribution in [0.25, 0.3) is 0 Å². The van der Waals surface area contributed by atoms with E-state index in [2.05, 4.69) is 25.9 Å². The van der Waals surface area contributed by atoms with Crippen LogP contribution in [0.5, 0.6) is 0 Å². The van der Waals surface area contributed by atoms with Gasteiger partial charge >= 0.3 is 6.09 Å². The van der Waals surface area contributed by atoms with E-state index in [9.17, 15) is 14.4 Å². The molecule has 3 N–H and O–H groups in total. The molecule has 10 heteroatoms. The largest absolute Gasteiger partial charge is 0.444 e. The number of rotatable bonds is 7. The minimum atomic E-state index is -0.581. The smallest absolute Gasteiger partial charge is 0.412 e. The van der Waals surface area contributed by atoms with Crippen LogP contribution in [0.3, 0.4) is 0 Å². The summed E-state index contributed by atoms with van der Waals surface area (Å²) in [7, 11) is 0. The Kier molecular flexibility index (Phi) is 7.70. The summed E-state index contributed by atoms with van der Waals surface area (Å²) < 4.78 is 6.63. The number of nitrogens with zero attached hydrogens (tertiary/aromatic N) is 3. The second-order valence-electron chi connectivity index (χ2n) is 9.41. The van der Waals surface area contributed by atoms with E-state index in [4.69, 9.17) is 4.74 Å². The highest BCUT2D eigenvalue weighted by Crippen LogP contribution is 2.23. The molecule has 1 aromatic carbocycles. The highest BCUT2D eigenvalue weighted by Gasteiger charge is 2.31. The lowest BCUT2D eigenvalue weighted by atomic mass is 10.1. The van der Waals surface area contributed by atoms with E-state index < -0.39 is 17.7 Å². The number of hydrogen-bond acceptors (Lipinski definition) is 7. The van der Waals surface area contributed by atoms with E-state index in [0.29, 0.717) is 36.6 Å². The number of ether oxygens (including phenoxy) is 1. The van der Waals surface area contributed by atoms with Crippen molar-refractivity contribution in [3.8, 4) is 0 Å². The predicted molar refractivity (Wildman–Crippen MR) is 130 cm³/mol. The van der Waals surface area contributed by atoms with E-state index in [-0.39, 0.29) is 17.5 Å². The SMILES string of the molecule is CC(C)Nc1cnc2n(c1=O)[C@H](C(=O)NCc1ccc(/N=C/NC(=O)OC(C)(C)C)cc1)CC2. The molecule has 1 atom stereocenters. The van der Waals surface area contributed by atoms with Gasteiger partial charge in [0.05, 0.1) is 18.2 Å². The number of fused-ring (bicyclic) bond motifs is 1. The zero-order chi connectivity index (χ0) is 24.9. The maximum atomic E-state index is 12.9. The van der Waals surface area contributed by atoms with E-state index in [1.54, 1.807) is 39.1 Å². The number of anilines is 1. The molecule has 182 valence electrons. The molecule has 0 spiro atoms. The lowest BCUT2D eigenvalue weighted by molar-refractivity contribution is -0.124. The van der Waals surface area contributed by atoms with E-state index >= 15 is 0 Å². The van der Waals surface area contributed by atoms with Gasteiger partial charge in [-0.2, -0.15) is 0 Å². The minimum absolute atomic E-state index is 0.0854. The average Bonchev–Trinajstić information content (AvgIpc) is 3.18. The normalized spacial score (nSPS) is 15.3. The summed E-state index contributed by atoms with van der Waals surface area (Å²) in [5.41, 5.74) is 1.11. The Labute approximate surface area is 198 Å². The molecule has 2 amide bonds. The molecule has 0 radical (unpaired) electrons. The van der Waals surface area contributed by atoms with Gasteiger partial charge in [-0.3, -0.25) is 19.5 Å². The van der Waals surface area contributed by atoms with Crippen molar-refractivity contribution in [2.75, 3.05) is 5.32 Å². The van der Waals surface area contributed by atoms with Crippen LogP contribution in [-0.2, 0) is 22.5 Å². The number of aryl methyl sites for hydroxylation is 1. The van der Waals surface area contributed by atoms with Crippen LogP contribution in [0.15, 0.2) is 40.2 Å². The van der Waals surface area contributed by atoms with Crippen molar-refractivity contribution in [3.05, 3.63) is 52.2 Å². The van der Waals surface area contributed by atoms with Crippen molar-refractivity contribution >= 4 is 29.7 Å². The third kappa shape index (κ3) is 6.66. The van der Waals surface area contributed by atoms with Gasteiger partial charge in [0.15, 0.2) is 0 Å². The fourth-order valence-electron chi connectivity index (χ4n) is 3.54. The third-order valence-corrected chi connectivity index (χ3v) is 4.97. The fourth-order valence-corrected chi connectivity index (χ4v) is 3.54. The highest BCUT2D eigenvalue weighted by molar-refractivity contribution is 5.83. The Balaban J connectivity index is 1.56. The first-order chi connectivity index (χ1) is 16.0. The second kappa shape index (κ2) is 10.5. The van der Waals surface area contributed by atoms with Crippen molar-refractivity contribution in [3.63, 3.8) is 0 Å². The molecule has 1 aliphatic heterocycles. The van der Waals surface area contributed by atoms with Gasteiger partial charge in [-0.05, 0) is 58.7 Å². The van der Waals surface area contributed by atoms with Crippen LogP contribution in [0.4, 0.5) is 16.2 Å². The Bertz CT molecular complexity index is 1120. The topological polar surface area (TPSA) is 127 Å². The van der Waals surface area contributed by atoms with Crippen molar-refractivity contribution in [1.29, 1.82) is 0 Å². The van der Waals surface area contributed by atoms with Crippen LogP contribution >= 0.6 is 0 Å².